The summed E-state index contributed by atoms with van der Waals surface area (Å²) >= 11 is 11.6. The van der Waals surface area contributed by atoms with Gasteiger partial charge in [0.2, 0.25) is 0 Å². The molecule has 2 atom stereocenters. The summed E-state index contributed by atoms with van der Waals surface area (Å²) in [5, 5.41) is 12.4. The second kappa shape index (κ2) is 7.58. The molecule has 0 aliphatic rings. The molecule has 0 saturated heterocycles. The molecule has 2 unspecified atom stereocenters. The number of halogens is 2. The van der Waals surface area contributed by atoms with E-state index in [0.29, 0.717) is 22.3 Å². The zero-order valence-corrected chi connectivity index (χ0v) is 12.3. The molecule has 0 spiro atoms. The first-order valence-corrected chi connectivity index (χ1v) is 6.70. The summed E-state index contributed by atoms with van der Waals surface area (Å²) in [5.74, 6) is 0.250. The van der Waals surface area contributed by atoms with Crippen LogP contribution >= 0.6 is 23.2 Å². The topological polar surface area (TPSA) is 58.6 Å². The van der Waals surface area contributed by atoms with E-state index >= 15 is 0 Å². The molecule has 1 rings (SSSR count). The van der Waals surface area contributed by atoms with Gasteiger partial charge in [-0.2, -0.15) is 0 Å². The average molecular weight is 306 g/mol. The van der Waals surface area contributed by atoms with Crippen LogP contribution in [0.2, 0.25) is 10.0 Å². The van der Waals surface area contributed by atoms with Crippen molar-refractivity contribution in [1.29, 1.82) is 0 Å². The zero-order valence-electron chi connectivity index (χ0n) is 10.8. The molecule has 1 amide bonds. The van der Waals surface area contributed by atoms with E-state index in [-0.39, 0.29) is 18.4 Å². The van der Waals surface area contributed by atoms with Crippen molar-refractivity contribution in [3.63, 3.8) is 0 Å². The molecule has 0 aliphatic heterocycles. The van der Waals surface area contributed by atoms with Crippen molar-refractivity contribution in [3.05, 3.63) is 28.2 Å². The van der Waals surface area contributed by atoms with Crippen molar-refractivity contribution in [2.75, 3.05) is 13.2 Å². The minimum absolute atomic E-state index is 0.0149. The number of aliphatic hydroxyl groups is 1. The molecule has 0 radical (unpaired) electrons. The van der Waals surface area contributed by atoms with E-state index in [9.17, 15) is 4.79 Å². The molecule has 2 N–H and O–H groups in total. The van der Waals surface area contributed by atoms with Crippen molar-refractivity contribution in [2.24, 2.45) is 5.92 Å². The number of hydrogen-bond donors (Lipinski definition) is 2. The number of carbonyl (C=O) groups is 1. The van der Waals surface area contributed by atoms with Crippen LogP contribution in [0.25, 0.3) is 0 Å². The van der Waals surface area contributed by atoms with Crippen LogP contribution in [0.4, 0.5) is 0 Å². The third-order valence-electron chi connectivity index (χ3n) is 2.51. The fraction of sp³-hybridized carbons (Fsp3) is 0.462. The van der Waals surface area contributed by atoms with Crippen molar-refractivity contribution in [1.82, 2.24) is 5.32 Å². The summed E-state index contributed by atoms with van der Waals surface area (Å²) in [4.78, 5) is 11.7. The van der Waals surface area contributed by atoms with Gasteiger partial charge in [-0.15, -0.1) is 0 Å². The summed E-state index contributed by atoms with van der Waals surface area (Å²) < 4.78 is 5.46. The van der Waals surface area contributed by atoms with Crippen molar-refractivity contribution in [2.45, 2.75) is 20.0 Å². The van der Waals surface area contributed by atoms with Crippen molar-refractivity contribution in [3.8, 4) is 5.75 Å². The number of aliphatic hydroxyl groups excluding tert-OH is 1. The molecular formula is C13H17Cl2NO3. The van der Waals surface area contributed by atoms with Crippen LogP contribution in [0, 0.1) is 5.92 Å². The molecule has 0 aliphatic carbocycles. The normalized spacial score (nSPS) is 13.7. The maximum Gasteiger partial charge on any atom is 0.260 e. The van der Waals surface area contributed by atoms with Gasteiger partial charge < -0.3 is 15.2 Å². The molecule has 0 heterocycles. The number of ether oxygens (including phenoxy) is 1. The lowest BCUT2D eigenvalue weighted by Gasteiger charge is -2.16. The molecule has 0 aromatic heterocycles. The summed E-state index contributed by atoms with van der Waals surface area (Å²) in [5.41, 5.74) is 0. The highest BCUT2D eigenvalue weighted by Crippen LogP contribution is 2.26. The first kappa shape index (κ1) is 16.1. The SMILES string of the molecule is CC(CO)CNC(=O)C(C)Oc1ccc(Cl)c(Cl)c1. The van der Waals surface area contributed by atoms with Gasteiger partial charge in [0.15, 0.2) is 6.10 Å². The summed E-state index contributed by atoms with van der Waals surface area (Å²) in [6.07, 6.45) is -0.650. The Hall–Kier alpha value is -0.970. The number of amides is 1. The predicted octanol–water partition coefficient (Wildman–Crippen LogP) is 2.51. The van der Waals surface area contributed by atoms with Crippen molar-refractivity contribution >= 4 is 29.1 Å². The third-order valence-corrected chi connectivity index (χ3v) is 3.25. The van der Waals surface area contributed by atoms with E-state index in [0.717, 1.165) is 0 Å². The number of rotatable bonds is 6. The maximum absolute atomic E-state index is 11.7. The van der Waals surface area contributed by atoms with E-state index in [1.54, 1.807) is 25.1 Å². The van der Waals surface area contributed by atoms with Gasteiger partial charge in [-0.3, -0.25) is 4.79 Å². The molecule has 0 fully saturated rings. The molecule has 4 nitrogen and oxygen atoms in total. The Bertz CT molecular complexity index is 440. The lowest BCUT2D eigenvalue weighted by molar-refractivity contribution is -0.127. The van der Waals surface area contributed by atoms with E-state index in [1.807, 2.05) is 6.92 Å². The highest BCUT2D eigenvalue weighted by Gasteiger charge is 2.15. The lowest BCUT2D eigenvalue weighted by Crippen LogP contribution is -2.39. The van der Waals surface area contributed by atoms with Gasteiger partial charge in [-0.1, -0.05) is 30.1 Å². The minimum Gasteiger partial charge on any atom is -0.481 e. The fourth-order valence-electron chi connectivity index (χ4n) is 1.29. The van der Waals surface area contributed by atoms with Crippen LogP contribution in [0.5, 0.6) is 5.75 Å². The Balaban J connectivity index is 2.51. The highest BCUT2D eigenvalue weighted by molar-refractivity contribution is 6.42. The van der Waals surface area contributed by atoms with Gasteiger partial charge in [0.05, 0.1) is 10.0 Å². The molecule has 0 bridgehead atoms. The Morgan fingerprint density at radius 3 is 2.63 bits per heavy atom. The monoisotopic (exact) mass is 305 g/mol. The van der Waals surface area contributed by atoms with Crippen LogP contribution in [0.1, 0.15) is 13.8 Å². The van der Waals surface area contributed by atoms with E-state index in [1.165, 1.54) is 0 Å². The second-order valence-corrected chi connectivity index (χ2v) is 5.18. The molecule has 1 aromatic carbocycles. The minimum atomic E-state index is -0.650. The zero-order chi connectivity index (χ0) is 14.4. The lowest BCUT2D eigenvalue weighted by atomic mass is 10.2. The quantitative estimate of drug-likeness (QED) is 0.849. The standard InChI is InChI=1S/C13H17Cl2NO3/c1-8(7-17)6-16-13(18)9(2)19-10-3-4-11(14)12(15)5-10/h3-5,8-9,17H,6-7H2,1-2H3,(H,16,18). The third kappa shape index (κ3) is 5.27. The van der Waals surface area contributed by atoms with Gasteiger partial charge in [-0.05, 0) is 25.0 Å². The summed E-state index contributed by atoms with van der Waals surface area (Å²) in [7, 11) is 0. The van der Waals surface area contributed by atoms with E-state index in [2.05, 4.69) is 5.32 Å². The van der Waals surface area contributed by atoms with Crippen LogP contribution < -0.4 is 10.1 Å². The van der Waals surface area contributed by atoms with Crippen LogP contribution in [-0.4, -0.2) is 30.3 Å². The van der Waals surface area contributed by atoms with Crippen molar-refractivity contribution < 1.29 is 14.6 Å². The van der Waals surface area contributed by atoms with E-state index < -0.39 is 6.10 Å². The average Bonchev–Trinajstić information content (AvgIpc) is 2.39. The Morgan fingerprint density at radius 2 is 2.05 bits per heavy atom. The Labute approximate surface area is 122 Å². The van der Waals surface area contributed by atoms with Crippen LogP contribution in [-0.2, 0) is 4.79 Å². The van der Waals surface area contributed by atoms with Crippen LogP contribution in [0.3, 0.4) is 0 Å². The van der Waals surface area contributed by atoms with Gasteiger partial charge in [0.25, 0.3) is 5.91 Å². The largest absolute Gasteiger partial charge is 0.481 e. The van der Waals surface area contributed by atoms with Gasteiger partial charge >= 0.3 is 0 Å². The first-order valence-electron chi connectivity index (χ1n) is 5.94. The Morgan fingerprint density at radius 1 is 1.37 bits per heavy atom. The van der Waals surface area contributed by atoms with E-state index in [4.69, 9.17) is 33.0 Å². The molecule has 106 valence electrons. The molecule has 6 heteroatoms. The fourth-order valence-corrected chi connectivity index (χ4v) is 1.58. The number of benzene rings is 1. The van der Waals surface area contributed by atoms with Gasteiger partial charge in [0, 0.05) is 19.2 Å². The Kier molecular flexibility index (Phi) is 6.42. The molecular weight excluding hydrogens is 289 g/mol. The number of carbonyl (C=O) groups excluding carboxylic acids is 1. The van der Waals surface area contributed by atoms with Crippen LogP contribution in [0.15, 0.2) is 18.2 Å². The molecule has 1 aromatic rings. The number of nitrogens with one attached hydrogen (secondary N) is 1. The second-order valence-electron chi connectivity index (χ2n) is 4.37. The highest BCUT2D eigenvalue weighted by atomic mass is 35.5. The molecule has 19 heavy (non-hydrogen) atoms. The maximum atomic E-state index is 11.7. The summed E-state index contributed by atoms with van der Waals surface area (Å²) in [6, 6.07) is 4.82. The van der Waals surface area contributed by atoms with Gasteiger partial charge in [0.1, 0.15) is 5.75 Å². The number of hydrogen-bond acceptors (Lipinski definition) is 3. The summed E-state index contributed by atoms with van der Waals surface area (Å²) in [6.45, 7) is 3.92. The molecule has 0 saturated carbocycles. The van der Waals surface area contributed by atoms with Gasteiger partial charge in [-0.25, -0.2) is 0 Å². The predicted molar refractivity (Wildman–Crippen MR) is 75.8 cm³/mol. The smallest absolute Gasteiger partial charge is 0.260 e. The first-order chi connectivity index (χ1) is 8.93.